The van der Waals surface area contributed by atoms with Crippen molar-refractivity contribution in [3.63, 3.8) is 0 Å². The smallest absolute Gasteiger partial charge is 0.175 e. The molecule has 1 atom stereocenters. The van der Waals surface area contributed by atoms with Crippen LogP contribution in [-0.4, -0.2) is 9.55 Å². The van der Waals surface area contributed by atoms with E-state index < -0.39 is 7.14 Å². The van der Waals surface area contributed by atoms with Gasteiger partial charge in [0.05, 0.1) is 16.7 Å². The first kappa shape index (κ1) is 32.2. The zero-order valence-electron chi connectivity index (χ0n) is 30.8. The average molecular weight is 745 g/mol. The third-order valence-corrected chi connectivity index (χ3v) is 15.1. The molecule has 0 saturated carbocycles. The van der Waals surface area contributed by atoms with Gasteiger partial charge in [0.2, 0.25) is 0 Å². The van der Waals surface area contributed by atoms with E-state index in [0.717, 1.165) is 65.9 Å². The van der Waals surface area contributed by atoms with Crippen molar-refractivity contribution in [3.05, 3.63) is 200 Å². The summed E-state index contributed by atoms with van der Waals surface area (Å²) in [5, 5.41) is 12.1. The van der Waals surface area contributed by atoms with Crippen molar-refractivity contribution in [2.45, 2.75) is 0 Å². The molecule has 11 aromatic rings. The third-order valence-electron chi connectivity index (χ3n) is 12.0. The highest BCUT2D eigenvalue weighted by atomic mass is 31.2. The lowest BCUT2D eigenvalue weighted by molar-refractivity contribution is 0.592. The standard InChI is InChI=1S/C53H33N2OP/c56-57(39-17-5-2-6-18-39)48-25-13-24-46-52(48)55(53(54-46)36-15-3-1-4-16-36)47-31-30-38(33-49(47)57)51-43-22-11-9-20-41(43)50(42-21-10-12-23-44(42)51)37-29-28-35-27-26-34-14-7-8-19-40(34)45(35)32-37/h1-33H. The molecule has 10 aromatic carbocycles. The molecule has 0 amide bonds. The number of aromatic nitrogens is 2. The molecule has 1 aliphatic rings. The van der Waals surface area contributed by atoms with Crippen molar-refractivity contribution in [1.29, 1.82) is 0 Å². The Morgan fingerprint density at radius 1 is 0.404 bits per heavy atom. The lowest BCUT2D eigenvalue weighted by atomic mass is 9.85. The minimum Gasteiger partial charge on any atom is -0.308 e. The van der Waals surface area contributed by atoms with Crippen LogP contribution in [-0.2, 0) is 4.57 Å². The van der Waals surface area contributed by atoms with Crippen LogP contribution in [0.5, 0.6) is 0 Å². The van der Waals surface area contributed by atoms with Crippen LogP contribution >= 0.6 is 7.14 Å². The van der Waals surface area contributed by atoms with Gasteiger partial charge < -0.3 is 4.57 Å². The largest absolute Gasteiger partial charge is 0.308 e. The van der Waals surface area contributed by atoms with Crippen molar-refractivity contribution in [3.8, 4) is 39.3 Å². The van der Waals surface area contributed by atoms with Crippen LogP contribution in [0.25, 0.3) is 93.5 Å². The summed E-state index contributed by atoms with van der Waals surface area (Å²) in [7, 11) is -3.37. The van der Waals surface area contributed by atoms with Crippen LogP contribution in [0.1, 0.15) is 0 Å². The van der Waals surface area contributed by atoms with Crippen molar-refractivity contribution in [2.24, 2.45) is 0 Å². The van der Waals surface area contributed by atoms with E-state index in [-0.39, 0.29) is 0 Å². The van der Waals surface area contributed by atoms with Crippen LogP contribution in [0.3, 0.4) is 0 Å². The van der Waals surface area contributed by atoms with Gasteiger partial charge in [-0.1, -0.05) is 170 Å². The number of hydrogen-bond acceptors (Lipinski definition) is 2. The van der Waals surface area contributed by atoms with E-state index in [9.17, 15) is 0 Å². The van der Waals surface area contributed by atoms with Gasteiger partial charge in [-0.25, -0.2) is 4.98 Å². The number of para-hydroxylation sites is 1. The Hall–Kier alpha value is -7.06. The normalized spacial score (nSPS) is 14.8. The molecule has 1 aromatic heterocycles. The molecule has 0 aliphatic carbocycles. The van der Waals surface area contributed by atoms with Gasteiger partial charge >= 0.3 is 0 Å². The summed E-state index contributed by atoms with van der Waals surface area (Å²) in [5.74, 6) is 0.842. The van der Waals surface area contributed by atoms with Gasteiger partial charge in [0.25, 0.3) is 0 Å². The van der Waals surface area contributed by atoms with Crippen LogP contribution in [0, 0.1) is 0 Å². The van der Waals surface area contributed by atoms with E-state index in [2.05, 4.69) is 138 Å². The molecule has 1 aliphatic heterocycles. The lowest BCUT2D eigenvalue weighted by Crippen LogP contribution is -2.33. The Bertz CT molecular complexity index is 3440. The SMILES string of the molecule is O=P1(c2ccccc2)c2cc(-c3c4ccccc4c(-c4ccc5ccc6ccccc6c5c4)c4ccccc34)ccc2-n2c(-c3ccccc3)nc3cccc1c32. The fourth-order valence-corrected chi connectivity index (χ4v) is 12.5. The van der Waals surface area contributed by atoms with Gasteiger partial charge in [-0.3, -0.25) is 4.57 Å². The Kier molecular flexibility index (Phi) is 6.90. The Balaban J connectivity index is 1.16. The van der Waals surface area contributed by atoms with Gasteiger partial charge in [-0.05, 0) is 95.7 Å². The van der Waals surface area contributed by atoms with Crippen molar-refractivity contribution >= 4 is 77.2 Å². The van der Waals surface area contributed by atoms with Gasteiger partial charge in [-0.2, -0.15) is 0 Å². The monoisotopic (exact) mass is 744 g/mol. The quantitative estimate of drug-likeness (QED) is 0.102. The maximum atomic E-state index is 16.3. The zero-order chi connectivity index (χ0) is 37.7. The second-order valence-electron chi connectivity index (χ2n) is 15.0. The summed E-state index contributed by atoms with van der Waals surface area (Å²) < 4.78 is 18.6. The van der Waals surface area contributed by atoms with Gasteiger partial charge in [0.15, 0.2) is 7.14 Å². The number of nitrogens with zero attached hydrogens (tertiary/aromatic N) is 2. The highest BCUT2D eigenvalue weighted by molar-refractivity contribution is 7.86. The van der Waals surface area contributed by atoms with Crippen molar-refractivity contribution in [1.82, 2.24) is 9.55 Å². The molecular formula is C53H33N2OP. The van der Waals surface area contributed by atoms with E-state index in [1.807, 2.05) is 66.7 Å². The highest BCUT2D eigenvalue weighted by Crippen LogP contribution is 2.52. The summed E-state index contributed by atoms with van der Waals surface area (Å²) in [5.41, 5.74) is 8.24. The molecule has 0 fully saturated rings. The molecule has 0 spiro atoms. The van der Waals surface area contributed by atoms with E-state index in [1.54, 1.807) is 0 Å². The number of rotatable bonds is 4. The predicted octanol–water partition coefficient (Wildman–Crippen LogP) is 12.6. The van der Waals surface area contributed by atoms with Gasteiger partial charge in [0.1, 0.15) is 5.82 Å². The first-order valence-electron chi connectivity index (χ1n) is 19.4. The Labute approximate surface area is 329 Å². The van der Waals surface area contributed by atoms with Crippen molar-refractivity contribution in [2.75, 3.05) is 0 Å². The number of benzene rings is 10. The molecular weight excluding hydrogens is 712 g/mol. The molecule has 0 radical (unpaired) electrons. The molecule has 12 rings (SSSR count). The predicted molar refractivity (Wildman–Crippen MR) is 240 cm³/mol. The van der Waals surface area contributed by atoms with Crippen LogP contribution in [0.15, 0.2) is 200 Å². The van der Waals surface area contributed by atoms with Crippen LogP contribution in [0.4, 0.5) is 0 Å². The zero-order valence-corrected chi connectivity index (χ0v) is 31.7. The summed E-state index contributed by atoms with van der Waals surface area (Å²) >= 11 is 0. The summed E-state index contributed by atoms with van der Waals surface area (Å²) in [6.45, 7) is 0. The Morgan fingerprint density at radius 2 is 0.947 bits per heavy atom. The minimum atomic E-state index is -3.37. The second-order valence-corrected chi connectivity index (χ2v) is 17.7. The van der Waals surface area contributed by atoms with Crippen LogP contribution < -0.4 is 15.9 Å². The van der Waals surface area contributed by atoms with Crippen LogP contribution in [0.2, 0.25) is 0 Å². The molecule has 0 N–H and O–H groups in total. The molecule has 57 heavy (non-hydrogen) atoms. The maximum absolute atomic E-state index is 16.3. The van der Waals surface area contributed by atoms with Crippen molar-refractivity contribution < 1.29 is 4.57 Å². The first-order chi connectivity index (χ1) is 28.2. The second kappa shape index (κ2) is 12.2. The van der Waals surface area contributed by atoms with Gasteiger partial charge in [0, 0.05) is 21.5 Å². The summed E-state index contributed by atoms with van der Waals surface area (Å²) in [6.07, 6.45) is 0. The highest BCUT2D eigenvalue weighted by Gasteiger charge is 2.40. The fourth-order valence-electron chi connectivity index (χ4n) is 9.45. The van der Waals surface area contributed by atoms with E-state index in [4.69, 9.17) is 4.98 Å². The summed E-state index contributed by atoms with van der Waals surface area (Å²) in [4.78, 5) is 5.19. The third kappa shape index (κ3) is 4.61. The van der Waals surface area contributed by atoms with E-state index in [1.165, 1.54) is 43.4 Å². The topological polar surface area (TPSA) is 34.9 Å². The maximum Gasteiger partial charge on any atom is 0.175 e. The Morgan fingerprint density at radius 3 is 1.63 bits per heavy atom. The minimum absolute atomic E-state index is 0.818. The van der Waals surface area contributed by atoms with Gasteiger partial charge in [-0.15, -0.1) is 0 Å². The number of imidazole rings is 1. The number of hydrogen-bond donors (Lipinski definition) is 0. The molecule has 266 valence electrons. The van der Waals surface area contributed by atoms with E-state index >= 15 is 4.57 Å². The summed E-state index contributed by atoms with van der Waals surface area (Å²) in [6, 6.07) is 70.6. The molecule has 0 bridgehead atoms. The molecule has 4 heteroatoms. The molecule has 3 nitrogen and oxygen atoms in total. The first-order valence-corrected chi connectivity index (χ1v) is 21.1. The fraction of sp³-hybridized carbons (Fsp3) is 0. The molecule has 0 saturated heterocycles. The number of fused-ring (bicyclic) bond motifs is 7. The molecule has 2 heterocycles. The molecule has 1 unspecified atom stereocenters. The lowest BCUT2D eigenvalue weighted by Gasteiger charge is -2.30. The van der Waals surface area contributed by atoms with E-state index in [0.29, 0.717) is 0 Å². The average Bonchev–Trinajstić information content (AvgIpc) is 3.68.